The zero-order valence-corrected chi connectivity index (χ0v) is 7.57. The Labute approximate surface area is 79.6 Å². The molecule has 0 spiro atoms. The maximum absolute atomic E-state index is 11.2. The summed E-state index contributed by atoms with van der Waals surface area (Å²) in [5.74, 6) is -0.208. The van der Waals surface area contributed by atoms with Gasteiger partial charge in [0.05, 0.1) is 5.39 Å². The van der Waals surface area contributed by atoms with Crippen molar-refractivity contribution in [1.29, 1.82) is 0 Å². The van der Waals surface area contributed by atoms with Crippen molar-refractivity contribution in [2.24, 2.45) is 0 Å². The SMILES string of the molecule is Cc1cccc2c(O)c(N)c(=O)oc12. The number of nitrogen functional groups attached to an aromatic ring is 1. The molecular formula is C10H9NO3. The molecule has 0 fully saturated rings. The largest absolute Gasteiger partial charge is 0.505 e. The van der Waals surface area contributed by atoms with Gasteiger partial charge in [0, 0.05) is 0 Å². The highest BCUT2D eigenvalue weighted by Gasteiger charge is 2.11. The lowest BCUT2D eigenvalue weighted by molar-refractivity contribution is 0.472. The molecule has 0 aliphatic rings. The Bertz CT molecular complexity index is 557. The third-order valence-corrected chi connectivity index (χ3v) is 2.14. The molecule has 0 aliphatic carbocycles. The smallest absolute Gasteiger partial charge is 0.363 e. The van der Waals surface area contributed by atoms with Gasteiger partial charge in [-0.25, -0.2) is 4.79 Å². The van der Waals surface area contributed by atoms with Crippen LogP contribution in [0.4, 0.5) is 5.69 Å². The summed E-state index contributed by atoms with van der Waals surface area (Å²) in [6.07, 6.45) is 0. The van der Waals surface area contributed by atoms with Crippen LogP contribution in [-0.4, -0.2) is 5.11 Å². The van der Waals surface area contributed by atoms with Crippen LogP contribution in [0.3, 0.4) is 0 Å². The molecule has 14 heavy (non-hydrogen) atoms. The number of rotatable bonds is 0. The van der Waals surface area contributed by atoms with Crippen molar-refractivity contribution < 1.29 is 9.52 Å². The molecule has 0 saturated heterocycles. The number of hydrogen-bond acceptors (Lipinski definition) is 4. The molecule has 1 heterocycles. The van der Waals surface area contributed by atoms with Crippen molar-refractivity contribution in [2.75, 3.05) is 5.73 Å². The van der Waals surface area contributed by atoms with Gasteiger partial charge >= 0.3 is 5.63 Å². The van der Waals surface area contributed by atoms with E-state index in [-0.39, 0.29) is 11.4 Å². The summed E-state index contributed by atoms with van der Waals surface area (Å²) >= 11 is 0. The number of nitrogens with two attached hydrogens (primary N) is 1. The Morgan fingerprint density at radius 3 is 2.86 bits per heavy atom. The fourth-order valence-electron chi connectivity index (χ4n) is 1.36. The van der Waals surface area contributed by atoms with Crippen molar-refractivity contribution in [3.63, 3.8) is 0 Å². The first-order valence-electron chi connectivity index (χ1n) is 4.12. The van der Waals surface area contributed by atoms with Gasteiger partial charge in [0.1, 0.15) is 5.58 Å². The van der Waals surface area contributed by atoms with E-state index < -0.39 is 5.63 Å². The molecule has 0 bridgehead atoms. The first-order chi connectivity index (χ1) is 6.61. The maximum Gasteiger partial charge on any atom is 0.363 e. The average Bonchev–Trinajstić information content (AvgIpc) is 2.17. The van der Waals surface area contributed by atoms with Crippen LogP contribution in [0.15, 0.2) is 27.4 Å². The highest BCUT2D eigenvalue weighted by molar-refractivity contribution is 5.89. The van der Waals surface area contributed by atoms with Crippen LogP contribution in [0.2, 0.25) is 0 Å². The molecule has 0 aliphatic heterocycles. The third-order valence-electron chi connectivity index (χ3n) is 2.14. The molecular weight excluding hydrogens is 182 g/mol. The highest BCUT2D eigenvalue weighted by Crippen LogP contribution is 2.28. The van der Waals surface area contributed by atoms with Crippen LogP contribution >= 0.6 is 0 Å². The van der Waals surface area contributed by atoms with E-state index in [1.165, 1.54) is 0 Å². The molecule has 4 nitrogen and oxygen atoms in total. The lowest BCUT2D eigenvalue weighted by atomic mass is 10.1. The van der Waals surface area contributed by atoms with Crippen LogP contribution in [0, 0.1) is 6.92 Å². The number of benzene rings is 1. The lowest BCUT2D eigenvalue weighted by Gasteiger charge is -2.03. The van der Waals surface area contributed by atoms with Crippen LogP contribution in [0.25, 0.3) is 11.0 Å². The van der Waals surface area contributed by atoms with Gasteiger partial charge in [-0.1, -0.05) is 12.1 Å². The van der Waals surface area contributed by atoms with Gasteiger partial charge < -0.3 is 15.3 Å². The molecule has 3 N–H and O–H groups in total. The Hall–Kier alpha value is -1.97. The van der Waals surface area contributed by atoms with Gasteiger partial charge in [0.15, 0.2) is 11.4 Å². The normalized spacial score (nSPS) is 10.6. The fraction of sp³-hybridized carbons (Fsp3) is 0.100. The molecule has 4 heteroatoms. The minimum absolute atomic E-state index is 0.208. The van der Waals surface area contributed by atoms with Gasteiger partial charge in [0.2, 0.25) is 0 Å². The first-order valence-corrected chi connectivity index (χ1v) is 4.12. The lowest BCUT2D eigenvalue weighted by Crippen LogP contribution is -2.06. The molecule has 0 saturated carbocycles. The highest BCUT2D eigenvalue weighted by atomic mass is 16.4. The number of aromatic hydroxyl groups is 1. The molecule has 0 unspecified atom stereocenters. The van der Waals surface area contributed by atoms with Crippen molar-refractivity contribution in [3.05, 3.63) is 34.2 Å². The monoisotopic (exact) mass is 191 g/mol. The van der Waals surface area contributed by atoms with E-state index in [4.69, 9.17) is 10.2 Å². The topological polar surface area (TPSA) is 76.5 Å². The summed E-state index contributed by atoms with van der Waals surface area (Å²) in [6.45, 7) is 1.79. The van der Waals surface area contributed by atoms with E-state index in [0.717, 1.165) is 5.56 Å². The molecule has 72 valence electrons. The van der Waals surface area contributed by atoms with E-state index in [1.807, 2.05) is 0 Å². The molecule has 0 radical (unpaired) electrons. The van der Waals surface area contributed by atoms with Crippen molar-refractivity contribution >= 4 is 16.7 Å². The molecule has 2 aromatic rings. The number of aryl methyl sites for hydroxylation is 1. The van der Waals surface area contributed by atoms with Crippen molar-refractivity contribution in [3.8, 4) is 5.75 Å². The van der Waals surface area contributed by atoms with E-state index in [9.17, 15) is 9.90 Å². The van der Waals surface area contributed by atoms with E-state index in [1.54, 1.807) is 25.1 Å². The Balaban J connectivity index is 3.06. The van der Waals surface area contributed by atoms with Crippen molar-refractivity contribution in [2.45, 2.75) is 6.92 Å². The second-order valence-electron chi connectivity index (χ2n) is 3.10. The van der Waals surface area contributed by atoms with Gasteiger partial charge in [0.25, 0.3) is 0 Å². The maximum atomic E-state index is 11.2. The summed E-state index contributed by atoms with van der Waals surface area (Å²) < 4.78 is 4.96. The second-order valence-corrected chi connectivity index (χ2v) is 3.10. The summed E-state index contributed by atoms with van der Waals surface area (Å²) in [5.41, 5.74) is 5.56. The molecule has 1 aromatic heterocycles. The minimum atomic E-state index is -0.704. The van der Waals surface area contributed by atoms with Crippen LogP contribution < -0.4 is 11.4 Å². The van der Waals surface area contributed by atoms with Gasteiger partial charge in [-0.15, -0.1) is 0 Å². The number of para-hydroxylation sites is 1. The van der Waals surface area contributed by atoms with E-state index in [2.05, 4.69) is 0 Å². The molecule has 1 aromatic carbocycles. The predicted octanol–water partition coefficient (Wildman–Crippen LogP) is 1.39. The predicted molar refractivity (Wildman–Crippen MR) is 53.3 cm³/mol. The minimum Gasteiger partial charge on any atom is -0.505 e. The Morgan fingerprint density at radius 2 is 2.14 bits per heavy atom. The van der Waals surface area contributed by atoms with Crippen LogP contribution in [0.5, 0.6) is 5.75 Å². The van der Waals surface area contributed by atoms with Gasteiger partial charge in [-0.2, -0.15) is 0 Å². The second kappa shape index (κ2) is 2.77. The fourth-order valence-corrected chi connectivity index (χ4v) is 1.36. The first kappa shape index (κ1) is 8.62. The summed E-state index contributed by atoms with van der Waals surface area (Å²) in [4.78, 5) is 11.2. The summed E-state index contributed by atoms with van der Waals surface area (Å²) in [5, 5.41) is 10.0. The van der Waals surface area contributed by atoms with Gasteiger partial charge in [-0.3, -0.25) is 0 Å². The third kappa shape index (κ3) is 1.04. The number of fused-ring (bicyclic) bond motifs is 1. The Morgan fingerprint density at radius 1 is 1.43 bits per heavy atom. The van der Waals surface area contributed by atoms with E-state index in [0.29, 0.717) is 11.0 Å². The summed E-state index contributed by atoms with van der Waals surface area (Å²) in [6, 6.07) is 5.20. The van der Waals surface area contributed by atoms with Crippen LogP contribution in [-0.2, 0) is 0 Å². The number of hydrogen-bond donors (Lipinski definition) is 2. The molecule has 2 rings (SSSR count). The zero-order valence-electron chi connectivity index (χ0n) is 7.57. The van der Waals surface area contributed by atoms with Crippen molar-refractivity contribution in [1.82, 2.24) is 0 Å². The van der Waals surface area contributed by atoms with Crippen LogP contribution in [0.1, 0.15) is 5.56 Å². The van der Waals surface area contributed by atoms with Gasteiger partial charge in [-0.05, 0) is 18.6 Å². The quantitative estimate of drug-likeness (QED) is 0.617. The summed E-state index contributed by atoms with van der Waals surface area (Å²) in [7, 11) is 0. The zero-order chi connectivity index (χ0) is 10.3. The Kier molecular flexibility index (Phi) is 1.70. The molecule has 0 amide bonds. The van der Waals surface area contributed by atoms with E-state index >= 15 is 0 Å². The molecule has 0 atom stereocenters. The number of anilines is 1. The average molecular weight is 191 g/mol. The standard InChI is InChI=1S/C10H9NO3/c1-5-3-2-4-6-8(12)7(11)10(13)14-9(5)6/h2-4,12H,11H2,1H3.